The second kappa shape index (κ2) is 12.4. The van der Waals surface area contributed by atoms with Gasteiger partial charge in [0.1, 0.15) is 12.7 Å². The number of carbonyl (C=O) groups is 2. The summed E-state index contributed by atoms with van der Waals surface area (Å²) < 4.78 is 14.5. The molecular formula is C34H38FN5O2. The van der Waals surface area contributed by atoms with Crippen LogP contribution in [0.15, 0.2) is 108 Å². The number of unbranched alkanes of at least 4 members (excludes halogenated alkanes) is 1. The van der Waals surface area contributed by atoms with Gasteiger partial charge in [0.05, 0.1) is 12.6 Å². The van der Waals surface area contributed by atoms with Crippen molar-refractivity contribution >= 4 is 11.9 Å². The van der Waals surface area contributed by atoms with Gasteiger partial charge in [-0.2, -0.15) is 5.01 Å². The number of hydrogen-bond donors (Lipinski definition) is 1. The van der Waals surface area contributed by atoms with Crippen LogP contribution >= 0.6 is 0 Å². The maximum absolute atomic E-state index is 14.5. The molecule has 1 N–H and O–H groups in total. The molecule has 2 aromatic rings. The highest BCUT2D eigenvalue weighted by Crippen LogP contribution is 2.41. The summed E-state index contributed by atoms with van der Waals surface area (Å²) in [4.78, 5) is 31.8. The Morgan fingerprint density at radius 2 is 1.74 bits per heavy atom. The van der Waals surface area contributed by atoms with E-state index in [0.717, 1.165) is 36.1 Å². The van der Waals surface area contributed by atoms with Crippen molar-refractivity contribution in [2.45, 2.75) is 50.9 Å². The summed E-state index contributed by atoms with van der Waals surface area (Å²) in [5.74, 6) is -0.0486. The average molecular weight is 568 g/mol. The van der Waals surface area contributed by atoms with E-state index in [9.17, 15) is 14.0 Å². The fourth-order valence-electron chi connectivity index (χ4n) is 6.70. The molecule has 3 aliphatic heterocycles. The van der Waals surface area contributed by atoms with Crippen LogP contribution in [0, 0.1) is 0 Å². The standard InChI is InChI=1S/C34H38FN5O2/c1-2-3-18-30-33-28-17-11-10-16-27(19-28)29(26-14-8-5-9-15-26)21-37(33)22-31-39(30)32(41)23-38(24-35)40(31)34(42)36-20-25-12-6-4-7-13-25/h4-17,19,29-31H,2-3,18,20-24H2,1H3,(H,36,42)/t29?,30-,31-/m0/s1. The smallest absolute Gasteiger partial charge is 0.334 e. The van der Waals surface area contributed by atoms with Crippen LogP contribution in [0.3, 0.4) is 0 Å². The number of hydrogen-bond acceptors (Lipinski definition) is 4. The van der Waals surface area contributed by atoms with Crippen molar-refractivity contribution in [2.24, 2.45) is 0 Å². The number of fused-ring (bicyclic) bond motifs is 3. The first kappa shape index (κ1) is 28.0. The monoisotopic (exact) mass is 567 g/mol. The summed E-state index contributed by atoms with van der Waals surface area (Å²) in [7, 11) is 0. The Morgan fingerprint density at radius 1 is 1.00 bits per heavy atom. The number of nitrogens with one attached hydrogen (secondary N) is 1. The molecule has 0 saturated carbocycles. The first-order chi connectivity index (χ1) is 20.6. The largest absolute Gasteiger partial charge is 0.368 e. The molecule has 3 heterocycles. The highest BCUT2D eigenvalue weighted by atomic mass is 19.1. The summed E-state index contributed by atoms with van der Waals surface area (Å²) >= 11 is 0. The Balaban J connectivity index is 1.40. The number of allylic oxidation sites excluding steroid dienone is 6. The Kier molecular flexibility index (Phi) is 8.24. The minimum absolute atomic E-state index is 0.102. The molecule has 42 heavy (non-hydrogen) atoms. The van der Waals surface area contributed by atoms with Crippen molar-refractivity contribution < 1.29 is 14.0 Å². The molecule has 2 saturated heterocycles. The number of piperazine rings is 1. The van der Waals surface area contributed by atoms with E-state index in [0.29, 0.717) is 19.6 Å². The first-order valence-corrected chi connectivity index (χ1v) is 14.9. The third-order valence-corrected chi connectivity index (χ3v) is 8.65. The molecule has 6 rings (SSSR count). The first-order valence-electron chi connectivity index (χ1n) is 14.9. The predicted octanol–water partition coefficient (Wildman–Crippen LogP) is 5.49. The van der Waals surface area contributed by atoms with Gasteiger partial charge in [-0.3, -0.25) is 4.79 Å². The zero-order valence-corrected chi connectivity index (χ0v) is 24.0. The molecule has 1 aliphatic carbocycles. The molecule has 4 aliphatic rings. The van der Waals surface area contributed by atoms with Crippen molar-refractivity contribution in [2.75, 3.05) is 26.4 Å². The third kappa shape index (κ3) is 5.39. The Labute approximate surface area is 247 Å². The average Bonchev–Trinajstić information content (AvgIpc) is 3.36. The summed E-state index contributed by atoms with van der Waals surface area (Å²) in [6.07, 6.45) is 12.8. The molecule has 8 heteroatoms. The van der Waals surface area contributed by atoms with Crippen molar-refractivity contribution in [3.05, 3.63) is 119 Å². The van der Waals surface area contributed by atoms with Crippen LogP contribution in [-0.2, 0) is 11.3 Å². The highest BCUT2D eigenvalue weighted by molar-refractivity contribution is 5.83. The molecule has 2 bridgehead atoms. The fraction of sp³-hybridized carbons (Fsp3) is 0.353. The number of benzene rings is 2. The Bertz CT molecular complexity index is 1420. The van der Waals surface area contributed by atoms with Crippen LogP contribution < -0.4 is 5.32 Å². The van der Waals surface area contributed by atoms with Gasteiger partial charge in [0, 0.05) is 24.7 Å². The van der Waals surface area contributed by atoms with E-state index in [-0.39, 0.29) is 24.4 Å². The van der Waals surface area contributed by atoms with Crippen molar-refractivity contribution in [3.63, 3.8) is 0 Å². The molecule has 2 aromatic carbocycles. The van der Waals surface area contributed by atoms with E-state index in [2.05, 4.69) is 71.8 Å². The number of nitrogens with zero attached hydrogens (tertiary/aromatic N) is 4. The number of carbonyl (C=O) groups excluding carboxylic acids is 2. The number of amides is 3. The van der Waals surface area contributed by atoms with Crippen LogP contribution in [-0.4, -0.2) is 70.4 Å². The quantitative estimate of drug-likeness (QED) is 0.450. The second-order valence-electron chi connectivity index (χ2n) is 11.3. The van der Waals surface area contributed by atoms with E-state index in [1.165, 1.54) is 21.2 Å². The molecular weight excluding hydrogens is 529 g/mol. The van der Waals surface area contributed by atoms with Gasteiger partial charge in [-0.05, 0) is 34.8 Å². The number of halogens is 1. The van der Waals surface area contributed by atoms with Crippen LogP contribution in [0.25, 0.3) is 0 Å². The molecule has 1 unspecified atom stereocenters. The van der Waals surface area contributed by atoms with Gasteiger partial charge >= 0.3 is 6.03 Å². The molecule has 218 valence electrons. The van der Waals surface area contributed by atoms with Gasteiger partial charge in [0.2, 0.25) is 5.91 Å². The van der Waals surface area contributed by atoms with Gasteiger partial charge in [-0.25, -0.2) is 14.2 Å². The molecule has 3 atom stereocenters. The lowest BCUT2D eigenvalue weighted by Crippen LogP contribution is -2.74. The molecule has 0 aromatic heterocycles. The third-order valence-electron chi connectivity index (χ3n) is 8.65. The molecule has 0 radical (unpaired) electrons. The van der Waals surface area contributed by atoms with Gasteiger partial charge in [-0.1, -0.05) is 105 Å². The van der Waals surface area contributed by atoms with E-state index in [1.807, 2.05) is 41.3 Å². The molecule has 7 nitrogen and oxygen atoms in total. The summed E-state index contributed by atoms with van der Waals surface area (Å²) in [6.45, 7) is 2.45. The van der Waals surface area contributed by atoms with Gasteiger partial charge in [0.15, 0.2) is 6.80 Å². The fourth-order valence-corrected chi connectivity index (χ4v) is 6.70. The zero-order valence-electron chi connectivity index (χ0n) is 24.0. The van der Waals surface area contributed by atoms with E-state index >= 15 is 0 Å². The van der Waals surface area contributed by atoms with Crippen LogP contribution in [0.1, 0.15) is 43.2 Å². The molecule has 2 fully saturated rings. The molecule has 3 amide bonds. The van der Waals surface area contributed by atoms with E-state index in [4.69, 9.17) is 0 Å². The summed E-state index contributed by atoms with van der Waals surface area (Å²) in [5, 5.41) is 5.69. The number of urea groups is 1. The van der Waals surface area contributed by atoms with Gasteiger partial charge < -0.3 is 15.1 Å². The summed E-state index contributed by atoms with van der Waals surface area (Å²) in [5.41, 5.74) is 5.58. The number of alkyl halides is 1. The number of hydrazine groups is 1. The molecule has 0 spiro atoms. The lowest BCUT2D eigenvalue weighted by atomic mass is 9.90. The van der Waals surface area contributed by atoms with Gasteiger partial charge in [-0.15, -0.1) is 0 Å². The second-order valence-corrected chi connectivity index (χ2v) is 11.3. The van der Waals surface area contributed by atoms with Crippen molar-refractivity contribution in [3.8, 4) is 0 Å². The number of rotatable bonds is 7. The van der Waals surface area contributed by atoms with Gasteiger partial charge in [0.25, 0.3) is 0 Å². The van der Waals surface area contributed by atoms with Crippen LogP contribution in [0.5, 0.6) is 0 Å². The Morgan fingerprint density at radius 3 is 2.48 bits per heavy atom. The van der Waals surface area contributed by atoms with E-state index in [1.54, 1.807) is 0 Å². The maximum atomic E-state index is 14.5. The van der Waals surface area contributed by atoms with Crippen LogP contribution in [0.4, 0.5) is 9.18 Å². The SMILES string of the molecule is CCCC[C@H]1C2=C3C=CC=CC(=C3)C(c3ccccc3)CN2C[C@H]2N1C(=O)CN(CF)N2C(=O)NCc1ccccc1. The highest BCUT2D eigenvalue weighted by Gasteiger charge is 2.50. The normalized spacial score (nSPS) is 23.7. The van der Waals surface area contributed by atoms with E-state index < -0.39 is 19.0 Å². The minimum atomic E-state index is -0.922. The van der Waals surface area contributed by atoms with Crippen molar-refractivity contribution in [1.29, 1.82) is 0 Å². The zero-order chi connectivity index (χ0) is 29.1. The predicted molar refractivity (Wildman–Crippen MR) is 161 cm³/mol. The lowest BCUT2D eigenvalue weighted by Gasteiger charge is -2.57. The van der Waals surface area contributed by atoms with Crippen LogP contribution in [0.2, 0.25) is 0 Å². The lowest BCUT2D eigenvalue weighted by molar-refractivity contribution is -0.185. The summed E-state index contributed by atoms with van der Waals surface area (Å²) in [6, 6.07) is 19.5. The topological polar surface area (TPSA) is 59.1 Å². The van der Waals surface area contributed by atoms with Crippen molar-refractivity contribution in [1.82, 2.24) is 25.1 Å². The minimum Gasteiger partial charge on any atom is -0.368 e. The Hall–Kier alpha value is -4.17. The maximum Gasteiger partial charge on any atom is 0.334 e.